The summed E-state index contributed by atoms with van der Waals surface area (Å²) in [6.07, 6.45) is -4.65. The second-order valence-corrected chi connectivity index (χ2v) is 9.91. The first-order valence-corrected chi connectivity index (χ1v) is 11.5. The molecule has 1 aliphatic rings. The molecule has 0 saturated carbocycles. The van der Waals surface area contributed by atoms with Gasteiger partial charge in [0.1, 0.15) is 18.3 Å². The van der Waals surface area contributed by atoms with Gasteiger partial charge < -0.3 is 35.4 Å². The summed E-state index contributed by atoms with van der Waals surface area (Å²) in [6.45, 7) is -5.26. The zero-order valence-corrected chi connectivity index (χ0v) is 19.2. The molecule has 8 N–H and O–H groups in total. The Morgan fingerprint density at radius 1 is 1.26 bits per heavy atom. The Labute approximate surface area is 215 Å². The van der Waals surface area contributed by atoms with E-state index >= 15 is 0 Å². The summed E-state index contributed by atoms with van der Waals surface area (Å²) >= 11 is 4.07. The van der Waals surface area contributed by atoms with Crippen molar-refractivity contribution in [2.45, 2.75) is 24.5 Å². The smallest absolute Gasteiger partial charge is 0.387 e. The molecule has 1 unspecified atom stereocenters. The van der Waals surface area contributed by atoms with E-state index in [1.54, 1.807) is 0 Å². The van der Waals surface area contributed by atoms with Gasteiger partial charge >= 0.3 is 14.5 Å². The summed E-state index contributed by atoms with van der Waals surface area (Å²) in [6, 6.07) is 0. The molecule has 0 spiro atoms. The van der Waals surface area contributed by atoms with Gasteiger partial charge in [-0.25, -0.2) is 13.9 Å². The van der Waals surface area contributed by atoms with E-state index in [4.69, 9.17) is 20.3 Å². The van der Waals surface area contributed by atoms with Crippen LogP contribution in [0.2, 0.25) is 0 Å². The minimum absolute atomic E-state index is 0. The third-order valence-electron chi connectivity index (χ3n) is 3.67. The van der Waals surface area contributed by atoms with Crippen LogP contribution in [0.25, 0.3) is 11.2 Å². The van der Waals surface area contributed by atoms with Crippen LogP contribution in [0.3, 0.4) is 0 Å². The van der Waals surface area contributed by atoms with Gasteiger partial charge in [-0.05, 0) is 11.8 Å². The van der Waals surface area contributed by atoms with Crippen molar-refractivity contribution >= 4 is 100 Å². The quantitative estimate of drug-likeness (QED) is 0.157. The number of aromatic amines is 1. The normalized spacial score (nSPS) is 25.2. The SMILES string of the molecule is Nc1nc2c(ncn2[C@@H]2O[C@H](COP(=O)(O)OP(O)(O)=S)[C@@H](O)[C@H]2O)c(=O)[nH]1.[Li].[Li].[Li]. The summed E-state index contributed by atoms with van der Waals surface area (Å²) in [5.74, 6) is -0.214. The fourth-order valence-corrected chi connectivity index (χ4v) is 4.91. The number of nitrogens with two attached hydrogens (primary N) is 1. The number of phosphoric ester groups is 1. The molecule has 0 amide bonds. The largest absolute Gasteiger partial charge is 0.479 e. The van der Waals surface area contributed by atoms with Gasteiger partial charge in [-0.3, -0.25) is 18.9 Å². The molecule has 3 radical (unpaired) electrons. The number of imidazole rings is 1. The molecule has 31 heavy (non-hydrogen) atoms. The monoisotopic (exact) mass is 480 g/mol. The summed E-state index contributed by atoms with van der Waals surface area (Å²) in [5, 5.41) is 20.3. The van der Waals surface area contributed by atoms with E-state index in [0.717, 1.165) is 10.9 Å². The Balaban J connectivity index is 0.00000300. The second kappa shape index (κ2) is 11.8. The maximum absolute atomic E-state index is 11.8. The number of anilines is 1. The molecule has 21 heteroatoms. The van der Waals surface area contributed by atoms with Crippen LogP contribution in [0.1, 0.15) is 6.23 Å². The number of aromatic nitrogens is 4. The number of phosphoric acid groups is 1. The number of rotatable bonds is 6. The Morgan fingerprint density at radius 3 is 2.45 bits per heavy atom. The summed E-state index contributed by atoms with van der Waals surface area (Å²) < 4.78 is 26.7. The fraction of sp³-hybridized carbons (Fsp3) is 0.500. The Kier molecular flexibility index (Phi) is 12.0. The van der Waals surface area contributed by atoms with Crippen molar-refractivity contribution in [2.75, 3.05) is 12.3 Å². The van der Waals surface area contributed by atoms with Gasteiger partial charge in [0.05, 0.1) is 12.9 Å². The summed E-state index contributed by atoms with van der Waals surface area (Å²) in [7, 11) is -4.97. The van der Waals surface area contributed by atoms with Crippen LogP contribution in [0, 0.1) is 0 Å². The molecule has 15 nitrogen and oxygen atoms in total. The van der Waals surface area contributed by atoms with E-state index in [9.17, 15) is 24.5 Å². The van der Waals surface area contributed by atoms with Crippen LogP contribution in [0.5, 0.6) is 0 Å². The van der Waals surface area contributed by atoms with Crippen molar-refractivity contribution in [3.63, 3.8) is 0 Å². The first-order chi connectivity index (χ1) is 12.9. The van der Waals surface area contributed by atoms with E-state index in [0.29, 0.717) is 0 Å². The molecule has 3 rings (SSSR count). The van der Waals surface area contributed by atoms with Crippen molar-refractivity contribution in [1.82, 2.24) is 19.5 Å². The number of nitrogen functional groups attached to an aromatic ring is 1. The molecular weight excluding hydrogens is 465 g/mol. The fourth-order valence-electron chi connectivity index (χ4n) is 2.55. The maximum atomic E-state index is 11.8. The van der Waals surface area contributed by atoms with Crippen molar-refractivity contribution in [2.24, 2.45) is 0 Å². The topological polar surface area (TPSA) is 235 Å². The molecular formula is C10H15Li3N5O10P2S. The van der Waals surface area contributed by atoms with Gasteiger partial charge in [-0.15, -0.1) is 0 Å². The number of aliphatic hydroxyl groups is 2. The molecule has 159 valence electrons. The molecule has 5 atom stereocenters. The molecule has 2 aromatic heterocycles. The van der Waals surface area contributed by atoms with Gasteiger partial charge in [-0.2, -0.15) is 4.98 Å². The van der Waals surface area contributed by atoms with E-state index in [1.165, 1.54) is 0 Å². The van der Waals surface area contributed by atoms with Crippen molar-refractivity contribution < 1.29 is 43.0 Å². The standard InChI is InChI=1S/C10H15N5O10P2S.3Li/c11-10-13-7-4(8(18)14-10)12-2-15(7)9-6(17)5(16)3(24-9)1-23-26(19,20)25-27(21,22)28;;;/h2-3,5-6,9,16-17H,1H2,(H,19,20)(H2,21,22,28)(H3,11,13,14,18);;;/t3-,5-,6-,9-;;;/m1.../s1. The number of hydrogen-bond donors (Lipinski definition) is 7. The first-order valence-electron chi connectivity index (χ1n) is 7.36. The van der Waals surface area contributed by atoms with Crippen LogP contribution in [-0.4, -0.2) is 126 Å². The van der Waals surface area contributed by atoms with E-state index < -0.39 is 51.2 Å². The van der Waals surface area contributed by atoms with Crippen LogP contribution >= 0.6 is 14.5 Å². The number of H-pyrrole nitrogens is 1. The van der Waals surface area contributed by atoms with Gasteiger partial charge in [0, 0.05) is 56.6 Å². The van der Waals surface area contributed by atoms with E-state index in [-0.39, 0.29) is 73.7 Å². The van der Waals surface area contributed by atoms with Crippen LogP contribution in [0.4, 0.5) is 5.95 Å². The number of aliphatic hydroxyl groups excluding tert-OH is 2. The number of nitrogens with one attached hydrogen (secondary N) is 1. The molecule has 0 bridgehead atoms. The van der Waals surface area contributed by atoms with Crippen molar-refractivity contribution in [3.8, 4) is 0 Å². The van der Waals surface area contributed by atoms with Crippen LogP contribution < -0.4 is 11.3 Å². The predicted octanol–water partition coefficient (Wildman–Crippen LogP) is -3.48. The molecule has 1 fully saturated rings. The predicted molar refractivity (Wildman–Crippen MR) is 111 cm³/mol. The Bertz CT molecular complexity index is 1050. The van der Waals surface area contributed by atoms with Gasteiger partial charge in [0.15, 0.2) is 17.4 Å². The average Bonchev–Trinajstić information content (AvgIpc) is 3.06. The van der Waals surface area contributed by atoms with Gasteiger partial charge in [-0.1, -0.05) is 0 Å². The Morgan fingerprint density at radius 2 is 1.87 bits per heavy atom. The van der Waals surface area contributed by atoms with Crippen molar-refractivity contribution in [1.29, 1.82) is 0 Å². The summed E-state index contributed by atoms with van der Waals surface area (Å²) in [5.41, 5.74) is 4.73. The Hall–Kier alpha value is 0.502. The molecule has 0 aromatic carbocycles. The van der Waals surface area contributed by atoms with E-state index in [1.807, 2.05) is 0 Å². The zero-order valence-electron chi connectivity index (χ0n) is 16.6. The zero-order chi connectivity index (χ0) is 20.9. The minimum Gasteiger partial charge on any atom is -0.387 e. The van der Waals surface area contributed by atoms with Gasteiger partial charge in [0.2, 0.25) is 5.95 Å². The maximum Gasteiger partial charge on any atom is 0.479 e. The molecule has 1 saturated heterocycles. The van der Waals surface area contributed by atoms with Crippen molar-refractivity contribution in [3.05, 3.63) is 16.7 Å². The number of nitrogens with zero attached hydrogens (tertiary/aromatic N) is 3. The second-order valence-electron chi connectivity index (χ2n) is 5.66. The number of fused-ring (bicyclic) bond motifs is 1. The van der Waals surface area contributed by atoms with Crippen LogP contribution in [-0.2, 0) is 29.9 Å². The van der Waals surface area contributed by atoms with E-state index in [2.05, 4.69) is 35.6 Å². The molecule has 3 heterocycles. The molecule has 2 aromatic rings. The molecule has 0 aliphatic carbocycles. The minimum atomic E-state index is -4.97. The third-order valence-corrected chi connectivity index (χ3v) is 6.43. The number of hydrogen-bond acceptors (Lipinski definition) is 11. The molecule has 1 aliphatic heterocycles. The van der Waals surface area contributed by atoms with Gasteiger partial charge in [0.25, 0.3) is 5.56 Å². The summed E-state index contributed by atoms with van der Waals surface area (Å²) in [4.78, 5) is 49.0. The first kappa shape index (κ1) is 31.5. The van der Waals surface area contributed by atoms with Crippen LogP contribution in [0.15, 0.2) is 11.1 Å². The number of ether oxygens (including phenoxy) is 1. The third kappa shape index (κ3) is 7.49. The average molecular weight is 480 g/mol.